The highest BCUT2D eigenvalue weighted by Crippen LogP contribution is 2.26. The Morgan fingerprint density at radius 2 is 1.70 bits per heavy atom. The first-order chi connectivity index (χ1) is 17.3. The number of amides is 1. The van der Waals surface area contributed by atoms with Gasteiger partial charge in [-0.2, -0.15) is 11.8 Å². The van der Waals surface area contributed by atoms with E-state index in [0.717, 1.165) is 0 Å². The van der Waals surface area contributed by atoms with E-state index < -0.39 is 11.6 Å². The minimum Gasteiger partial charge on any atom is -0.491 e. The maximum atomic E-state index is 12.9. The Labute approximate surface area is 238 Å². The summed E-state index contributed by atoms with van der Waals surface area (Å²) < 4.78 is 21.9. The summed E-state index contributed by atoms with van der Waals surface area (Å²) in [6, 6.07) is 4.72. The molecule has 8 nitrogen and oxygen atoms in total. The van der Waals surface area contributed by atoms with Crippen LogP contribution in [0.2, 0.25) is 6.04 Å². The van der Waals surface area contributed by atoms with Gasteiger partial charge in [0.15, 0.2) is 5.78 Å². The fourth-order valence-corrected chi connectivity index (χ4v) is 5.58. The van der Waals surface area contributed by atoms with Gasteiger partial charge in [-0.25, -0.2) is 0 Å². The van der Waals surface area contributed by atoms with Crippen molar-refractivity contribution in [1.29, 1.82) is 0 Å². The summed E-state index contributed by atoms with van der Waals surface area (Å²) in [5.74, 6) is 0.544. The van der Waals surface area contributed by atoms with E-state index in [1.165, 1.54) is 11.8 Å². The Morgan fingerprint density at radius 1 is 1.03 bits per heavy atom. The third-order valence-corrected chi connectivity index (χ3v) is 8.87. The Balaban J connectivity index is 2.27. The Hall–Kier alpha value is -1.01. The number of ether oxygens (including phenoxy) is 4. The van der Waals surface area contributed by atoms with E-state index in [2.05, 4.69) is 0 Å². The second kappa shape index (κ2) is 17.6. The molecule has 37 heavy (non-hydrogen) atoms. The zero-order valence-electron chi connectivity index (χ0n) is 21.4. The van der Waals surface area contributed by atoms with Gasteiger partial charge in [-0.15, -0.1) is 33.2 Å². The van der Waals surface area contributed by atoms with Gasteiger partial charge in [-0.05, 0) is 50.6 Å². The molecule has 0 heterocycles. The molecule has 1 amide bonds. The van der Waals surface area contributed by atoms with Crippen LogP contribution < -0.4 is 10.5 Å². The maximum absolute atomic E-state index is 12.9. The number of rotatable bonds is 20. The molecule has 1 unspecified atom stereocenters. The number of ketones is 1. The van der Waals surface area contributed by atoms with Crippen molar-refractivity contribution in [2.75, 3.05) is 44.5 Å². The molecule has 1 atom stereocenters. The second-order valence-electron chi connectivity index (χ2n) is 8.74. The molecule has 1 aromatic rings. The Kier molecular flexibility index (Phi) is 16.1. The van der Waals surface area contributed by atoms with Crippen molar-refractivity contribution in [2.45, 2.75) is 45.3 Å². The minimum atomic E-state index is -2.60. The van der Waals surface area contributed by atoms with Gasteiger partial charge in [-0.1, -0.05) is 6.92 Å². The van der Waals surface area contributed by atoms with Gasteiger partial charge in [0.25, 0.3) is 0 Å². The van der Waals surface area contributed by atoms with E-state index in [4.69, 9.17) is 57.9 Å². The van der Waals surface area contributed by atoms with Crippen LogP contribution in [0.1, 0.15) is 44.0 Å². The first-order valence-corrected chi connectivity index (χ1v) is 18.3. The van der Waals surface area contributed by atoms with E-state index in [9.17, 15) is 14.4 Å². The first kappa shape index (κ1) is 34.0. The monoisotopic (exact) mass is 615 g/mol. The first-order valence-electron chi connectivity index (χ1n) is 11.9. The Bertz CT molecular complexity index is 854. The van der Waals surface area contributed by atoms with Gasteiger partial charge in [0, 0.05) is 29.6 Å². The van der Waals surface area contributed by atoms with Gasteiger partial charge in [-0.3, -0.25) is 14.4 Å². The minimum absolute atomic E-state index is 0.0409. The lowest BCUT2D eigenvalue weighted by atomic mass is 9.96. The van der Waals surface area contributed by atoms with E-state index in [1.54, 1.807) is 45.0 Å². The van der Waals surface area contributed by atoms with E-state index >= 15 is 0 Å². The zero-order chi connectivity index (χ0) is 27.9. The van der Waals surface area contributed by atoms with Crippen molar-refractivity contribution >= 4 is 68.7 Å². The fourth-order valence-electron chi connectivity index (χ4n) is 2.83. The number of esters is 1. The number of benzene rings is 1. The number of hydrogen-bond acceptors (Lipinski definition) is 8. The molecule has 210 valence electrons. The summed E-state index contributed by atoms with van der Waals surface area (Å²) in [6.45, 7) is 6.47. The number of carbonyl (C=O) groups excluding carboxylic acids is 3. The molecule has 1 aromatic carbocycles. The van der Waals surface area contributed by atoms with Crippen molar-refractivity contribution < 1.29 is 33.3 Å². The van der Waals surface area contributed by atoms with Crippen molar-refractivity contribution in [3.05, 3.63) is 29.8 Å². The lowest BCUT2D eigenvalue weighted by molar-refractivity contribution is -0.145. The molecule has 0 saturated carbocycles. The SMILES string of the molecule is CC(CSCCC(=O)OCCOC(C)(C)C(=O)c1ccc(OCCOCCC[Si](Cl)(Cl)Cl)cc1)C(N)=O. The largest absolute Gasteiger partial charge is 0.491 e. The van der Waals surface area contributed by atoms with E-state index in [1.807, 2.05) is 0 Å². The number of primary amides is 1. The van der Waals surface area contributed by atoms with Gasteiger partial charge in [0.2, 0.25) is 5.91 Å². The molecule has 0 aromatic heterocycles. The lowest BCUT2D eigenvalue weighted by Crippen LogP contribution is -2.36. The predicted octanol–water partition coefficient (Wildman–Crippen LogP) is 4.89. The van der Waals surface area contributed by atoms with Crippen LogP contribution in [0.25, 0.3) is 0 Å². The molecule has 0 saturated heterocycles. The molecular weight excluding hydrogens is 581 g/mol. The van der Waals surface area contributed by atoms with Crippen LogP contribution in [0.5, 0.6) is 5.75 Å². The molecule has 0 aliphatic carbocycles. The highest BCUT2D eigenvalue weighted by atomic mass is 35.8. The second-order valence-corrected chi connectivity index (χ2v) is 19.2. The average Bonchev–Trinajstić information content (AvgIpc) is 2.83. The third-order valence-electron chi connectivity index (χ3n) is 5.02. The maximum Gasteiger partial charge on any atom is 0.341 e. The molecule has 0 spiro atoms. The van der Waals surface area contributed by atoms with Crippen LogP contribution in [0.15, 0.2) is 24.3 Å². The molecule has 2 N–H and O–H groups in total. The average molecular weight is 617 g/mol. The number of halogens is 3. The Morgan fingerprint density at radius 3 is 2.32 bits per heavy atom. The number of nitrogens with two attached hydrogens (primary N) is 1. The summed E-state index contributed by atoms with van der Waals surface area (Å²) in [4.78, 5) is 35.7. The van der Waals surface area contributed by atoms with Crippen LogP contribution in [0.3, 0.4) is 0 Å². The van der Waals surface area contributed by atoms with E-state index in [0.29, 0.717) is 55.1 Å². The predicted molar refractivity (Wildman–Crippen MR) is 151 cm³/mol. The van der Waals surface area contributed by atoms with Gasteiger partial charge in [0.1, 0.15) is 24.6 Å². The third kappa shape index (κ3) is 15.9. The molecule has 0 aliphatic heterocycles. The molecule has 0 bridgehead atoms. The number of thioether (sulfide) groups is 1. The smallest absolute Gasteiger partial charge is 0.341 e. The fraction of sp³-hybridized carbons (Fsp3) is 0.625. The normalized spacial score (nSPS) is 12.7. The molecule has 0 radical (unpaired) electrons. The van der Waals surface area contributed by atoms with Crippen LogP contribution in [-0.2, 0) is 23.8 Å². The van der Waals surface area contributed by atoms with Crippen LogP contribution in [0, 0.1) is 5.92 Å². The molecular formula is C24H36Cl3NO7SSi. The summed E-state index contributed by atoms with van der Waals surface area (Å²) in [5.41, 5.74) is 4.58. The molecule has 0 fully saturated rings. The van der Waals surface area contributed by atoms with Crippen molar-refractivity contribution in [1.82, 2.24) is 0 Å². The summed E-state index contributed by atoms with van der Waals surface area (Å²) in [5, 5.41) is 0. The lowest BCUT2D eigenvalue weighted by Gasteiger charge is -2.24. The van der Waals surface area contributed by atoms with Crippen molar-refractivity contribution in [3.8, 4) is 5.75 Å². The standard InChI is InChI=1S/C24H36Cl3NO7SSi/c1-18(23(28)31)17-36-15-9-21(29)34-13-14-35-24(2,3)22(30)19-5-7-20(8-6-19)33-12-11-32-10-4-16-37(25,26)27/h5-8,18H,4,9-17H2,1-3H3,(H2,28,31). The van der Waals surface area contributed by atoms with Gasteiger partial charge in [0.05, 0.1) is 19.6 Å². The van der Waals surface area contributed by atoms with E-state index in [-0.39, 0.29) is 43.2 Å². The molecule has 13 heteroatoms. The number of hydrogen-bond donors (Lipinski definition) is 1. The molecule has 0 aliphatic rings. The summed E-state index contributed by atoms with van der Waals surface area (Å²) >= 11 is 18.9. The highest BCUT2D eigenvalue weighted by Gasteiger charge is 2.29. The molecule has 1 rings (SSSR count). The van der Waals surface area contributed by atoms with Gasteiger partial charge >= 0.3 is 12.0 Å². The van der Waals surface area contributed by atoms with Crippen LogP contribution in [0.4, 0.5) is 0 Å². The van der Waals surface area contributed by atoms with Crippen molar-refractivity contribution in [3.63, 3.8) is 0 Å². The topological polar surface area (TPSA) is 114 Å². The summed E-state index contributed by atoms with van der Waals surface area (Å²) in [7, 11) is 0. The van der Waals surface area contributed by atoms with Crippen molar-refractivity contribution in [2.24, 2.45) is 11.7 Å². The number of Topliss-reactive ketones (excluding diaryl/α,β-unsaturated/α-hetero) is 1. The summed E-state index contributed by atoms with van der Waals surface area (Å²) in [6.07, 6.45) is 0.912. The number of carbonyl (C=O) groups is 3. The quantitative estimate of drug-likeness (QED) is 0.0724. The van der Waals surface area contributed by atoms with Crippen LogP contribution in [-0.4, -0.2) is 73.8 Å². The van der Waals surface area contributed by atoms with Crippen LogP contribution >= 0.6 is 45.0 Å². The highest BCUT2D eigenvalue weighted by molar-refractivity contribution is 7.99. The zero-order valence-corrected chi connectivity index (χ0v) is 25.5. The van der Waals surface area contributed by atoms with Gasteiger partial charge < -0.3 is 24.7 Å².